The van der Waals surface area contributed by atoms with Crippen LogP contribution in [0.2, 0.25) is 0 Å². The summed E-state index contributed by atoms with van der Waals surface area (Å²) in [5.41, 5.74) is 1.57. The number of aliphatic carboxylic acids is 1. The molecular weight excluding hydrogens is 448 g/mol. The smallest absolute Gasteiger partial charge is 0.326 e. The first-order chi connectivity index (χ1) is 16.8. The first kappa shape index (κ1) is 25.9. The molecule has 4 unspecified atom stereocenters. The van der Waals surface area contributed by atoms with E-state index >= 15 is 0 Å². The highest BCUT2D eigenvalue weighted by atomic mass is 16.4. The number of carbonyl (C=O) groups is 4. The van der Waals surface area contributed by atoms with Gasteiger partial charge in [-0.1, -0.05) is 60.7 Å². The minimum atomic E-state index is -1.17. The molecule has 2 aromatic rings. The van der Waals surface area contributed by atoms with Gasteiger partial charge in [-0.25, -0.2) is 4.79 Å². The van der Waals surface area contributed by atoms with Crippen molar-refractivity contribution in [3.8, 4) is 0 Å². The van der Waals surface area contributed by atoms with Crippen LogP contribution in [0.15, 0.2) is 60.7 Å². The number of rotatable bonds is 11. The van der Waals surface area contributed by atoms with Gasteiger partial charge in [0.1, 0.15) is 18.1 Å². The number of carboxylic acids is 1. The van der Waals surface area contributed by atoms with Gasteiger partial charge in [0, 0.05) is 12.8 Å². The molecule has 1 fully saturated rings. The van der Waals surface area contributed by atoms with Crippen LogP contribution in [0.25, 0.3) is 0 Å². The van der Waals surface area contributed by atoms with Gasteiger partial charge in [-0.15, -0.1) is 0 Å². The fraction of sp³-hybridized carbons (Fsp3) is 0.385. The molecule has 5 N–H and O–H groups in total. The Balaban J connectivity index is 1.68. The summed E-state index contributed by atoms with van der Waals surface area (Å²) in [6.45, 7) is 2.31. The topological polar surface area (TPSA) is 137 Å². The van der Waals surface area contributed by atoms with Crippen molar-refractivity contribution in [2.24, 2.45) is 0 Å². The molecule has 2 aromatic carbocycles. The molecule has 9 heteroatoms. The van der Waals surface area contributed by atoms with E-state index < -0.39 is 35.9 Å². The molecule has 186 valence electrons. The third-order valence-electron chi connectivity index (χ3n) is 5.94. The van der Waals surface area contributed by atoms with Crippen molar-refractivity contribution in [2.75, 3.05) is 6.54 Å². The zero-order chi connectivity index (χ0) is 25.2. The van der Waals surface area contributed by atoms with Crippen LogP contribution >= 0.6 is 0 Å². The van der Waals surface area contributed by atoms with Gasteiger partial charge in [-0.05, 0) is 37.4 Å². The van der Waals surface area contributed by atoms with Crippen molar-refractivity contribution in [2.45, 2.75) is 56.8 Å². The van der Waals surface area contributed by atoms with Crippen molar-refractivity contribution < 1.29 is 24.3 Å². The van der Waals surface area contributed by atoms with Gasteiger partial charge in [-0.3, -0.25) is 14.4 Å². The van der Waals surface area contributed by atoms with Gasteiger partial charge in [0.15, 0.2) is 0 Å². The average molecular weight is 481 g/mol. The van der Waals surface area contributed by atoms with Crippen LogP contribution < -0.4 is 21.3 Å². The summed E-state index contributed by atoms with van der Waals surface area (Å²) in [6, 6.07) is 14.7. The van der Waals surface area contributed by atoms with E-state index in [0.29, 0.717) is 6.42 Å². The molecule has 1 aliphatic heterocycles. The molecule has 35 heavy (non-hydrogen) atoms. The number of carbonyl (C=O) groups excluding carboxylic acids is 3. The molecule has 1 heterocycles. The Hall–Kier alpha value is -3.72. The Bertz CT molecular complexity index is 1010. The van der Waals surface area contributed by atoms with Gasteiger partial charge < -0.3 is 26.4 Å². The predicted octanol–water partition coefficient (Wildman–Crippen LogP) is 0.783. The first-order valence-electron chi connectivity index (χ1n) is 11.8. The predicted molar refractivity (Wildman–Crippen MR) is 130 cm³/mol. The second-order valence-corrected chi connectivity index (χ2v) is 8.72. The third kappa shape index (κ3) is 7.92. The number of hydrogen-bond donors (Lipinski definition) is 5. The molecule has 4 atom stereocenters. The highest BCUT2D eigenvalue weighted by Crippen LogP contribution is 2.08. The lowest BCUT2D eigenvalue weighted by Gasteiger charge is -2.24. The lowest BCUT2D eigenvalue weighted by molar-refractivity contribution is -0.142. The molecule has 9 nitrogen and oxygen atoms in total. The zero-order valence-electron chi connectivity index (χ0n) is 19.7. The van der Waals surface area contributed by atoms with E-state index in [1.165, 1.54) is 0 Å². The molecule has 0 aromatic heterocycles. The Labute approximate surface area is 204 Å². The fourth-order valence-corrected chi connectivity index (χ4v) is 3.97. The van der Waals surface area contributed by atoms with Crippen LogP contribution in [0.5, 0.6) is 0 Å². The quantitative estimate of drug-likeness (QED) is 0.322. The van der Waals surface area contributed by atoms with Crippen LogP contribution in [0, 0.1) is 0 Å². The van der Waals surface area contributed by atoms with E-state index in [4.69, 9.17) is 0 Å². The van der Waals surface area contributed by atoms with Gasteiger partial charge in [0.05, 0.1) is 6.04 Å². The van der Waals surface area contributed by atoms with E-state index in [1.807, 2.05) is 36.4 Å². The molecule has 1 aliphatic rings. The van der Waals surface area contributed by atoms with Gasteiger partial charge in [0.25, 0.3) is 0 Å². The Morgan fingerprint density at radius 1 is 0.857 bits per heavy atom. The molecular formula is C26H32N4O5. The second kappa shape index (κ2) is 12.7. The molecule has 0 saturated carbocycles. The Kier molecular flexibility index (Phi) is 9.37. The van der Waals surface area contributed by atoms with Crippen LogP contribution in [-0.2, 0) is 32.0 Å². The summed E-state index contributed by atoms with van der Waals surface area (Å²) in [7, 11) is 0. The third-order valence-corrected chi connectivity index (χ3v) is 5.94. The minimum Gasteiger partial charge on any atom is -0.480 e. The maximum Gasteiger partial charge on any atom is 0.326 e. The van der Waals surface area contributed by atoms with Crippen molar-refractivity contribution in [1.82, 2.24) is 21.3 Å². The molecule has 0 bridgehead atoms. The van der Waals surface area contributed by atoms with E-state index in [9.17, 15) is 24.3 Å². The standard InChI is InChI=1S/C26H32N4O5/c1-17(28-24(32)20-13-8-14-27-20)23(31)29-21(15-18-9-4-2-5-10-18)25(33)30-22(26(34)35)16-19-11-6-3-7-12-19/h2-7,9-12,17,20-22,27H,8,13-16H2,1H3,(H,28,32)(H,29,31)(H,30,33)(H,34,35). The van der Waals surface area contributed by atoms with Crippen molar-refractivity contribution in [3.05, 3.63) is 71.8 Å². The van der Waals surface area contributed by atoms with Gasteiger partial charge in [-0.2, -0.15) is 0 Å². The van der Waals surface area contributed by atoms with Crippen LogP contribution in [0.3, 0.4) is 0 Å². The van der Waals surface area contributed by atoms with Crippen LogP contribution in [-0.4, -0.2) is 59.5 Å². The molecule has 3 amide bonds. The molecule has 3 rings (SSSR count). The summed E-state index contributed by atoms with van der Waals surface area (Å²) in [4.78, 5) is 50.2. The van der Waals surface area contributed by atoms with E-state index in [1.54, 1.807) is 31.2 Å². The van der Waals surface area contributed by atoms with E-state index in [0.717, 1.165) is 24.1 Å². The highest BCUT2D eigenvalue weighted by Gasteiger charge is 2.30. The van der Waals surface area contributed by atoms with Crippen LogP contribution in [0.1, 0.15) is 30.9 Å². The normalized spacial score (nSPS) is 17.6. The molecule has 0 aliphatic carbocycles. The Morgan fingerprint density at radius 2 is 1.40 bits per heavy atom. The van der Waals surface area contributed by atoms with E-state index in [2.05, 4.69) is 21.3 Å². The van der Waals surface area contributed by atoms with Crippen molar-refractivity contribution in [3.63, 3.8) is 0 Å². The number of benzene rings is 2. The maximum absolute atomic E-state index is 13.2. The summed E-state index contributed by atoms with van der Waals surface area (Å²) in [5, 5.41) is 20.7. The van der Waals surface area contributed by atoms with Gasteiger partial charge in [0.2, 0.25) is 17.7 Å². The molecule has 1 saturated heterocycles. The van der Waals surface area contributed by atoms with Crippen molar-refractivity contribution >= 4 is 23.7 Å². The minimum absolute atomic E-state index is 0.106. The monoisotopic (exact) mass is 480 g/mol. The summed E-state index contributed by atoms with van der Waals surface area (Å²) in [5.74, 6) is -2.57. The van der Waals surface area contributed by atoms with Crippen LogP contribution in [0.4, 0.5) is 0 Å². The lowest BCUT2D eigenvalue weighted by atomic mass is 10.0. The summed E-state index contributed by atoms with van der Waals surface area (Å²) < 4.78 is 0. The maximum atomic E-state index is 13.2. The molecule has 0 spiro atoms. The number of nitrogens with one attached hydrogen (secondary N) is 4. The van der Waals surface area contributed by atoms with E-state index in [-0.39, 0.29) is 24.8 Å². The largest absolute Gasteiger partial charge is 0.480 e. The SMILES string of the molecule is CC(NC(=O)C1CCCN1)C(=O)NC(Cc1ccccc1)C(=O)NC(Cc1ccccc1)C(=O)O. The first-order valence-corrected chi connectivity index (χ1v) is 11.8. The zero-order valence-corrected chi connectivity index (χ0v) is 19.7. The number of carboxylic acid groups (broad SMARTS) is 1. The fourth-order valence-electron chi connectivity index (χ4n) is 3.97. The van der Waals surface area contributed by atoms with Crippen molar-refractivity contribution in [1.29, 1.82) is 0 Å². The second-order valence-electron chi connectivity index (χ2n) is 8.72. The summed E-state index contributed by atoms with van der Waals surface area (Å²) >= 11 is 0. The average Bonchev–Trinajstić information content (AvgIpc) is 3.39. The van der Waals surface area contributed by atoms with Gasteiger partial charge >= 0.3 is 5.97 Å². The molecule has 0 radical (unpaired) electrons. The number of hydrogen-bond acceptors (Lipinski definition) is 5. The lowest BCUT2D eigenvalue weighted by Crippen LogP contribution is -2.57. The summed E-state index contributed by atoms with van der Waals surface area (Å²) in [6.07, 6.45) is 1.87. The number of amides is 3. The highest BCUT2D eigenvalue weighted by molar-refractivity contribution is 5.94. The Morgan fingerprint density at radius 3 is 1.91 bits per heavy atom.